The number of nitrogen functional groups attached to an aromatic ring is 1. The second-order valence-corrected chi connectivity index (χ2v) is 4.41. The quantitative estimate of drug-likeness (QED) is 0.761. The Balaban J connectivity index is 2.30. The number of hydrogen-bond acceptors (Lipinski definition) is 5. The molecule has 1 saturated carbocycles. The van der Waals surface area contributed by atoms with E-state index in [-0.39, 0.29) is 0 Å². The SMILES string of the molecule is COCCN(c1cnc(N)cc1C(N)=O)C1CC1. The van der Waals surface area contributed by atoms with Crippen LogP contribution < -0.4 is 16.4 Å². The number of primary amides is 1. The molecule has 0 spiro atoms. The van der Waals surface area contributed by atoms with Gasteiger partial charge in [0.1, 0.15) is 5.82 Å². The van der Waals surface area contributed by atoms with E-state index >= 15 is 0 Å². The van der Waals surface area contributed by atoms with E-state index in [0.717, 1.165) is 18.5 Å². The van der Waals surface area contributed by atoms with E-state index in [4.69, 9.17) is 16.2 Å². The zero-order valence-electron chi connectivity index (χ0n) is 10.4. The Bertz CT molecular complexity index is 446. The molecule has 1 fully saturated rings. The largest absolute Gasteiger partial charge is 0.384 e. The second kappa shape index (κ2) is 5.22. The number of nitrogens with zero attached hydrogens (tertiary/aromatic N) is 2. The third-order valence-corrected chi connectivity index (χ3v) is 3.00. The highest BCUT2D eigenvalue weighted by Gasteiger charge is 2.31. The van der Waals surface area contributed by atoms with Crippen LogP contribution in [-0.4, -0.2) is 37.2 Å². The third kappa shape index (κ3) is 2.70. The smallest absolute Gasteiger partial charge is 0.251 e. The molecule has 6 nitrogen and oxygen atoms in total. The van der Waals surface area contributed by atoms with Crippen molar-refractivity contribution in [2.75, 3.05) is 30.9 Å². The lowest BCUT2D eigenvalue weighted by Crippen LogP contribution is -2.32. The summed E-state index contributed by atoms with van der Waals surface area (Å²) in [5.74, 6) is -0.183. The fourth-order valence-corrected chi connectivity index (χ4v) is 1.97. The summed E-state index contributed by atoms with van der Waals surface area (Å²) in [4.78, 5) is 17.6. The van der Waals surface area contributed by atoms with E-state index in [0.29, 0.717) is 30.6 Å². The number of ether oxygens (including phenoxy) is 1. The summed E-state index contributed by atoms with van der Waals surface area (Å²) in [6, 6.07) is 1.98. The number of nitrogens with two attached hydrogens (primary N) is 2. The molecule has 1 heterocycles. The third-order valence-electron chi connectivity index (χ3n) is 3.00. The highest BCUT2D eigenvalue weighted by atomic mass is 16.5. The molecule has 98 valence electrons. The molecule has 0 aromatic carbocycles. The van der Waals surface area contributed by atoms with Crippen molar-refractivity contribution >= 4 is 17.4 Å². The van der Waals surface area contributed by atoms with Gasteiger partial charge in [0.15, 0.2) is 0 Å². The molecule has 0 bridgehead atoms. The van der Waals surface area contributed by atoms with Gasteiger partial charge in [-0.2, -0.15) is 0 Å². The molecule has 1 aliphatic rings. The first kappa shape index (κ1) is 12.6. The van der Waals surface area contributed by atoms with E-state index in [9.17, 15) is 4.79 Å². The molecule has 1 amide bonds. The molecule has 1 aromatic rings. The summed E-state index contributed by atoms with van der Waals surface area (Å²) in [5, 5.41) is 0. The Labute approximate surface area is 106 Å². The van der Waals surface area contributed by atoms with Crippen LogP contribution >= 0.6 is 0 Å². The minimum atomic E-state index is -0.484. The summed E-state index contributed by atoms with van der Waals surface area (Å²) >= 11 is 0. The van der Waals surface area contributed by atoms with Gasteiger partial charge in [0.05, 0.1) is 24.1 Å². The van der Waals surface area contributed by atoms with E-state index < -0.39 is 5.91 Å². The number of hydrogen-bond donors (Lipinski definition) is 2. The number of carbonyl (C=O) groups is 1. The molecular formula is C12H18N4O2. The molecular weight excluding hydrogens is 232 g/mol. The maximum absolute atomic E-state index is 11.5. The molecule has 2 rings (SSSR count). The van der Waals surface area contributed by atoms with E-state index in [1.165, 1.54) is 6.07 Å². The highest BCUT2D eigenvalue weighted by molar-refractivity contribution is 5.99. The predicted octanol–water partition coefficient (Wildman–Crippen LogP) is 0.378. The summed E-state index contributed by atoms with van der Waals surface area (Å²) in [5.41, 5.74) is 12.2. The maximum Gasteiger partial charge on any atom is 0.251 e. The van der Waals surface area contributed by atoms with E-state index in [2.05, 4.69) is 9.88 Å². The Kier molecular flexibility index (Phi) is 3.66. The summed E-state index contributed by atoms with van der Waals surface area (Å²) in [7, 11) is 1.65. The maximum atomic E-state index is 11.5. The van der Waals surface area contributed by atoms with Crippen LogP contribution in [0.4, 0.5) is 11.5 Å². The van der Waals surface area contributed by atoms with Crippen molar-refractivity contribution < 1.29 is 9.53 Å². The van der Waals surface area contributed by atoms with Crippen LogP contribution in [0.2, 0.25) is 0 Å². The standard InChI is InChI=1S/C12H18N4O2/c1-18-5-4-16(8-2-3-8)10-7-15-11(13)6-9(10)12(14)17/h6-8H,2-5H2,1H3,(H2,13,15)(H2,14,17). The van der Waals surface area contributed by atoms with Gasteiger partial charge >= 0.3 is 0 Å². The Hall–Kier alpha value is -1.82. The molecule has 0 radical (unpaired) electrons. The zero-order valence-corrected chi connectivity index (χ0v) is 10.4. The van der Waals surface area contributed by atoms with Gasteiger partial charge in [-0.25, -0.2) is 4.98 Å². The molecule has 1 aliphatic carbocycles. The minimum absolute atomic E-state index is 0.301. The number of aromatic nitrogens is 1. The van der Waals surface area contributed by atoms with Gasteiger partial charge in [0.25, 0.3) is 5.91 Å². The first-order valence-electron chi connectivity index (χ1n) is 5.94. The monoisotopic (exact) mass is 250 g/mol. The van der Waals surface area contributed by atoms with E-state index in [1.807, 2.05) is 0 Å². The van der Waals surface area contributed by atoms with Crippen LogP contribution in [0.1, 0.15) is 23.2 Å². The predicted molar refractivity (Wildman–Crippen MR) is 69.4 cm³/mol. The molecule has 0 saturated heterocycles. The first-order chi connectivity index (χ1) is 8.63. The Morgan fingerprint density at radius 3 is 2.89 bits per heavy atom. The normalized spacial score (nSPS) is 14.5. The topological polar surface area (TPSA) is 94.5 Å². The van der Waals surface area contributed by atoms with Crippen molar-refractivity contribution in [3.8, 4) is 0 Å². The van der Waals surface area contributed by atoms with Gasteiger partial charge in [-0.1, -0.05) is 0 Å². The zero-order chi connectivity index (χ0) is 13.1. The van der Waals surface area contributed by atoms with Gasteiger partial charge < -0.3 is 21.1 Å². The van der Waals surface area contributed by atoms with Gasteiger partial charge in [-0.05, 0) is 18.9 Å². The van der Waals surface area contributed by atoms with Gasteiger partial charge in [0, 0.05) is 19.7 Å². The Morgan fingerprint density at radius 1 is 1.61 bits per heavy atom. The van der Waals surface area contributed by atoms with Crippen molar-refractivity contribution in [2.24, 2.45) is 5.73 Å². The molecule has 18 heavy (non-hydrogen) atoms. The van der Waals surface area contributed by atoms with Crippen LogP contribution in [0, 0.1) is 0 Å². The highest BCUT2D eigenvalue weighted by Crippen LogP contribution is 2.33. The van der Waals surface area contributed by atoms with Crippen molar-refractivity contribution in [1.82, 2.24) is 4.98 Å². The average molecular weight is 250 g/mol. The number of methoxy groups -OCH3 is 1. The van der Waals surface area contributed by atoms with Crippen molar-refractivity contribution in [3.05, 3.63) is 17.8 Å². The Morgan fingerprint density at radius 2 is 2.33 bits per heavy atom. The number of amides is 1. The van der Waals surface area contributed by atoms with Gasteiger partial charge in [-0.3, -0.25) is 4.79 Å². The summed E-state index contributed by atoms with van der Waals surface area (Å²) < 4.78 is 5.09. The molecule has 0 aliphatic heterocycles. The van der Waals surface area contributed by atoms with Crippen LogP contribution in [0.15, 0.2) is 12.3 Å². The fourth-order valence-electron chi connectivity index (χ4n) is 1.97. The van der Waals surface area contributed by atoms with Crippen molar-refractivity contribution in [1.29, 1.82) is 0 Å². The lowest BCUT2D eigenvalue weighted by atomic mass is 10.2. The molecule has 0 atom stereocenters. The summed E-state index contributed by atoms with van der Waals surface area (Å²) in [6.45, 7) is 1.31. The van der Waals surface area contributed by atoms with Gasteiger partial charge in [0.2, 0.25) is 0 Å². The summed E-state index contributed by atoms with van der Waals surface area (Å²) in [6.07, 6.45) is 3.85. The van der Waals surface area contributed by atoms with Crippen LogP contribution in [-0.2, 0) is 4.74 Å². The van der Waals surface area contributed by atoms with Crippen LogP contribution in [0.3, 0.4) is 0 Å². The van der Waals surface area contributed by atoms with Gasteiger partial charge in [-0.15, -0.1) is 0 Å². The second-order valence-electron chi connectivity index (χ2n) is 4.41. The lowest BCUT2D eigenvalue weighted by Gasteiger charge is -2.25. The number of pyridine rings is 1. The molecule has 4 N–H and O–H groups in total. The van der Waals surface area contributed by atoms with Crippen LogP contribution in [0.5, 0.6) is 0 Å². The molecule has 0 unspecified atom stereocenters. The van der Waals surface area contributed by atoms with E-state index in [1.54, 1.807) is 13.3 Å². The molecule has 6 heteroatoms. The van der Waals surface area contributed by atoms with Crippen molar-refractivity contribution in [3.63, 3.8) is 0 Å². The molecule has 1 aromatic heterocycles. The average Bonchev–Trinajstić information content (AvgIpc) is 3.15. The fraction of sp³-hybridized carbons (Fsp3) is 0.500. The lowest BCUT2D eigenvalue weighted by molar-refractivity contribution is 0.100. The number of carbonyl (C=O) groups excluding carboxylic acids is 1. The minimum Gasteiger partial charge on any atom is -0.384 e. The number of anilines is 2. The van der Waals surface area contributed by atoms with Crippen LogP contribution in [0.25, 0.3) is 0 Å². The number of rotatable bonds is 6. The first-order valence-corrected chi connectivity index (χ1v) is 5.94. The van der Waals surface area contributed by atoms with Crippen molar-refractivity contribution in [2.45, 2.75) is 18.9 Å².